The Morgan fingerprint density at radius 2 is 2.21 bits per heavy atom. The van der Waals surface area contributed by atoms with Gasteiger partial charge in [-0.25, -0.2) is 0 Å². The molecule has 1 aromatic heterocycles. The summed E-state index contributed by atoms with van der Waals surface area (Å²) >= 11 is 0. The van der Waals surface area contributed by atoms with Gasteiger partial charge in [0.2, 0.25) is 0 Å². The smallest absolute Gasteiger partial charge is 0.252 e. The fourth-order valence-corrected chi connectivity index (χ4v) is 1.82. The van der Waals surface area contributed by atoms with Crippen LogP contribution in [0, 0.1) is 11.3 Å². The van der Waals surface area contributed by atoms with Crippen molar-refractivity contribution in [2.24, 2.45) is 0 Å². The van der Waals surface area contributed by atoms with Gasteiger partial charge >= 0.3 is 0 Å². The molecular formula is C11H10N2O. The Morgan fingerprint density at radius 1 is 1.50 bits per heavy atom. The number of rotatable bonds is 0. The molecule has 0 aliphatic heterocycles. The average molecular weight is 186 g/mol. The molecule has 3 heteroatoms. The van der Waals surface area contributed by atoms with Gasteiger partial charge < -0.3 is 4.98 Å². The van der Waals surface area contributed by atoms with Crippen LogP contribution in [0.1, 0.15) is 30.5 Å². The molecule has 1 aromatic rings. The van der Waals surface area contributed by atoms with Crippen LogP contribution < -0.4 is 5.56 Å². The van der Waals surface area contributed by atoms with Gasteiger partial charge in [0.1, 0.15) is 6.07 Å². The summed E-state index contributed by atoms with van der Waals surface area (Å²) in [6, 6.07) is 2.07. The molecule has 1 aliphatic rings. The molecule has 70 valence electrons. The number of H-pyrrole nitrogens is 1. The molecule has 0 saturated carbocycles. The zero-order valence-electron chi connectivity index (χ0n) is 8.09. The van der Waals surface area contributed by atoms with Crippen LogP contribution in [-0.2, 0) is 5.41 Å². The van der Waals surface area contributed by atoms with Crippen LogP contribution in [0.15, 0.2) is 17.1 Å². The molecule has 0 bridgehead atoms. The molecule has 0 unspecified atom stereocenters. The van der Waals surface area contributed by atoms with Crippen molar-refractivity contribution >= 4 is 6.08 Å². The number of nitrogens with zero attached hydrogens (tertiary/aromatic N) is 1. The first kappa shape index (κ1) is 8.76. The molecule has 1 N–H and O–H groups in total. The zero-order chi connectivity index (χ0) is 10.3. The van der Waals surface area contributed by atoms with Crippen molar-refractivity contribution in [2.45, 2.75) is 19.3 Å². The third kappa shape index (κ3) is 1.01. The lowest BCUT2D eigenvalue weighted by Crippen LogP contribution is -2.24. The van der Waals surface area contributed by atoms with E-state index >= 15 is 0 Å². The van der Waals surface area contributed by atoms with E-state index in [-0.39, 0.29) is 11.0 Å². The number of aromatic amines is 1. The van der Waals surface area contributed by atoms with Crippen LogP contribution in [-0.4, -0.2) is 4.98 Å². The first-order valence-electron chi connectivity index (χ1n) is 4.42. The lowest BCUT2D eigenvalue weighted by atomic mass is 9.87. The summed E-state index contributed by atoms with van der Waals surface area (Å²) in [5.74, 6) is 0. The summed E-state index contributed by atoms with van der Waals surface area (Å²) in [7, 11) is 0. The quantitative estimate of drug-likeness (QED) is 0.668. The molecule has 1 heterocycles. The van der Waals surface area contributed by atoms with E-state index in [0.717, 1.165) is 5.56 Å². The minimum Gasteiger partial charge on any atom is -0.327 e. The minimum absolute atomic E-state index is 0.103. The number of hydrogen-bond donors (Lipinski definition) is 1. The lowest BCUT2D eigenvalue weighted by molar-refractivity contribution is 0.671. The normalized spacial score (nSPS) is 16.4. The van der Waals surface area contributed by atoms with E-state index in [2.05, 4.69) is 11.1 Å². The molecule has 0 radical (unpaired) electrons. The number of allylic oxidation sites excluding steroid dienone is 1. The van der Waals surface area contributed by atoms with Gasteiger partial charge in [-0.2, -0.15) is 5.26 Å². The van der Waals surface area contributed by atoms with Crippen molar-refractivity contribution in [2.75, 3.05) is 0 Å². The topological polar surface area (TPSA) is 56.6 Å². The Balaban J connectivity index is 2.85. The maximum Gasteiger partial charge on any atom is 0.252 e. The predicted octanol–water partition coefficient (Wildman–Crippen LogP) is 1.55. The first-order valence-corrected chi connectivity index (χ1v) is 4.42. The first-order chi connectivity index (χ1) is 6.56. The van der Waals surface area contributed by atoms with E-state index in [9.17, 15) is 4.79 Å². The second kappa shape index (κ2) is 2.58. The van der Waals surface area contributed by atoms with Crippen LogP contribution in [0.4, 0.5) is 0 Å². The third-order valence-electron chi connectivity index (χ3n) is 2.57. The number of fused-ring (bicyclic) bond motifs is 1. The van der Waals surface area contributed by atoms with E-state index in [0.29, 0.717) is 11.1 Å². The number of aromatic nitrogens is 1. The fraction of sp³-hybridized carbons (Fsp3) is 0.273. The molecule has 2 rings (SSSR count). The van der Waals surface area contributed by atoms with Crippen molar-refractivity contribution < 1.29 is 0 Å². The summed E-state index contributed by atoms with van der Waals surface area (Å²) in [6.07, 6.45) is 5.27. The minimum atomic E-state index is -0.268. The highest BCUT2D eigenvalue weighted by Crippen LogP contribution is 2.33. The largest absolute Gasteiger partial charge is 0.327 e. The van der Waals surface area contributed by atoms with Gasteiger partial charge in [0.15, 0.2) is 0 Å². The maximum absolute atomic E-state index is 11.6. The number of pyridine rings is 1. The Kier molecular flexibility index (Phi) is 1.62. The van der Waals surface area contributed by atoms with Gasteiger partial charge in [0.25, 0.3) is 5.56 Å². The monoisotopic (exact) mass is 186 g/mol. The van der Waals surface area contributed by atoms with Crippen LogP contribution in [0.3, 0.4) is 0 Å². The number of nitrogens with one attached hydrogen (secondary N) is 1. The molecular weight excluding hydrogens is 176 g/mol. The second-order valence-electron chi connectivity index (χ2n) is 3.99. The van der Waals surface area contributed by atoms with Crippen LogP contribution in [0.25, 0.3) is 6.08 Å². The van der Waals surface area contributed by atoms with E-state index in [1.807, 2.05) is 26.0 Å². The Bertz CT molecular complexity index is 515. The summed E-state index contributed by atoms with van der Waals surface area (Å²) in [4.78, 5) is 14.2. The van der Waals surface area contributed by atoms with Crippen LogP contribution in [0.2, 0.25) is 0 Å². The zero-order valence-corrected chi connectivity index (χ0v) is 8.09. The Hall–Kier alpha value is -1.82. The molecule has 0 spiro atoms. The molecule has 0 saturated heterocycles. The molecule has 0 aromatic carbocycles. The number of hydrogen-bond acceptors (Lipinski definition) is 2. The summed E-state index contributed by atoms with van der Waals surface area (Å²) in [6.45, 7) is 3.93. The lowest BCUT2D eigenvalue weighted by Gasteiger charge is -2.16. The summed E-state index contributed by atoms with van der Waals surface area (Å²) in [5.41, 5.74) is 1.61. The van der Waals surface area contributed by atoms with Crippen molar-refractivity contribution in [1.82, 2.24) is 4.98 Å². The van der Waals surface area contributed by atoms with E-state index < -0.39 is 0 Å². The average Bonchev–Trinajstić information content (AvgIpc) is 2.44. The molecule has 0 fully saturated rings. The predicted molar refractivity (Wildman–Crippen MR) is 53.8 cm³/mol. The third-order valence-corrected chi connectivity index (χ3v) is 2.57. The van der Waals surface area contributed by atoms with Gasteiger partial charge in [-0.1, -0.05) is 26.0 Å². The van der Waals surface area contributed by atoms with Crippen molar-refractivity contribution in [3.8, 4) is 6.07 Å². The van der Waals surface area contributed by atoms with Crippen molar-refractivity contribution in [3.05, 3.63) is 39.3 Å². The summed E-state index contributed by atoms with van der Waals surface area (Å²) in [5, 5.41) is 8.86. The van der Waals surface area contributed by atoms with Crippen molar-refractivity contribution in [3.63, 3.8) is 0 Å². The molecule has 3 nitrogen and oxygen atoms in total. The second-order valence-corrected chi connectivity index (χ2v) is 3.99. The molecule has 1 aliphatic carbocycles. The van der Waals surface area contributed by atoms with Gasteiger partial charge in [-0.3, -0.25) is 4.79 Å². The van der Waals surface area contributed by atoms with Gasteiger partial charge in [0.05, 0.1) is 5.56 Å². The highest BCUT2D eigenvalue weighted by atomic mass is 16.1. The standard InChI is InChI=1S/C11H10N2O/c1-11(2)4-3-8-7(5-12)6-13-10(14)9(8)11/h3-4,6H,1-2H3,(H,13,14). The summed E-state index contributed by atoms with van der Waals surface area (Å²) < 4.78 is 0. The number of nitriles is 1. The maximum atomic E-state index is 11.6. The Morgan fingerprint density at radius 3 is 2.86 bits per heavy atom. The SMILES string of the molecule is CC1(C)C=Cc2c(C#N)c[nH]c(=O)c21. The Labute approximate surface area is 81.7 Å². The fourth-order valence-electron chi connectivity index (χ4n) is 1.82. The molecule has 0 atom stereocenters. The molecule has 14 heavy (non-hydrogen) atoms. The van der Waals surface area contributed by atoms with Gasteiger partial charge in [0, 0.05) is 22.7 Å². The highest BCUT2D eigenvalue weighted by molar-refractivity contribution is 5.68. The van der Waals surface area contributed by atoms with E-state index in [4.69, 9.17) is 5.26 Å². The van der Waals surface area contributed by atoms with Gasteiger partial charge in [-0.15, -0.1) is 0 Å². The van der Waals surface area contributed by atoms with E-state index in [1.54, 1.807) is 0 Å². The van der Waals surface area contributed by atoms with Crippen molar-refractivity contribution in [1.29, 1.82) is 5.26 Å². The van der Waals surface area contributed by atoms with Gasteiger partial charge in [-0.05, 0) is 0 Å². The highest BCUT2D eigenvalue weighted by Gasteiger charge is 2.29. The molecule has 0 amide bonds. The van der Waals surface area contributed by atoms with E-state index in [1.165, 1.54) is 6.20 Å². The van der Waals surface area contributed by atoms with Crippen LogP contribution in [0.5, 0.6) is 0 Å². The van der Waals surface area contributed by atoms with Crippen LogP contribution >= 0.6 is 0 Å².